The van der Waals surface area contributed by atoms with E-state index in [9.17, 15) is 0 Å². The normalized spacial score (nSPS) is 11.5. The van der Waals surface area contributed by atoms with Crippen molar-refractivity contribution in [3.63, 3.8) is 0 Å². The van der Waals surface area contributed by atoms with E-state index in [1.807, 2.05) is 6.07 Å². The van der Waals surface area contributed by atoms with Gasteiger partial charge in [0.25, 0.3) is 0 Å². The first-order valence-corrected chi connectivity index (χ1v) is 6.29. The minimum atomic E-state index is 0.186. The highest BCUT2D eigenvalue weighted by Gasteiger charge is 2.17. The van der Waals surface area contributed by atoms with Gasteiger partial charge in [-0.1, -0.05) is 13.8 Å². The van der Waals surface area contributed by atoms with E-state index in [0.29, 0.717) is 0 Å². The van der Waals surface area contributed by atoms with Gasteiger partial charge in [-0.3, -0.25) is 4.98 Å². The van der Waals surface area contributed by atoms with E-state index in [4.69, 9.17) is 5.11 Å². The highest BCUT2D eigenvalue weighted by molar-refractivity contribution is 9.10. The Kier molecular flexibility index (Phi) is 5.22. The average molecular weight is 287 g/mol. The molecule has 0 bridgehead atoms. The summed E-state index contributed by atoms with van der Waals surface area (Å²) >= 11 is 3.45. The van der Waals surface area contributed by atoms with Gasteiger partial charge in [-0.2, -0.15) is 0 Å². The molecule has 0 aromatic carbocycles. The van der Waals surface area contributed by atoms with Gasteiger partial charge in [0.15, 0.2) is 0 Å². The molecule has 0 unspecified atom stereocenters. The Hall–Kier alpha value is -0.610. The zero-order valence-corrected chi connectivity index (χ0v) is 11.4. The number of pyridine rings is 1. The number of anilines is 1. The van der Waals surface area contributed by atoms with Crippen LogP contribution in [0.1, 0.15) is 26.7 Å². The van der Waals surface area contributed by atoms with Crippen molar-refractivity contribution in [2.45, 2.75) is 26.7 Å². The summed E-state index contributed by atoms with van der Waals surface area (Å²) in [5.74, 6) is 0. The van der Waals surface area contributed by atoms with Gasteiger partial charge < -0.3 is 10.4 Å². The molecule has 0 aliphatic carbocycles. The summed E-state index contributed by atoms with van der Waals surface area (Å²) in [4.78, 5) is 4.02. The van der Waals surface area contributed by atoms with E-state index >= 15 is 0 Å². The first-order valence-electron chi connectivity index (χ1n) is 5.49. The van der Waals surface area contributed by atoms with Crippen molar-refractivity contribution in [2.24, 2.45) is 5.41 Å². The molecule has 0 saturated carbocycles. The molecule has 0 atom stereocenters. The SMILES string of the molecule is CC(C)(CCCO)CNc1ccncc1Br. The molecule has 0 saturated heterocycles. The van der Waals surface area contributed by atoms with Crippen LogP contribution in [-0.2, 0) is 0 Å². The smallest absolute Gasteiger partial charge is 0.0590 e. The Morgan fingerprint density at radius 2 is 2.25 bits per heavy atom. The molecule has 16 heavy (non-hydrogen) atoms. The quantitative estimate of drug-likeness (QED) is 0.845. The topological polar surface area (TPSA) is 45.1 Å². The maximum atomic E-state index is 8.82. The van der Waals surface area contributed by atoms with Crippen LogP contribution in [0.5, 0.6) is 0 Å². The zero-order valence-electron chi connectivity index (χ0n) is 9.83. The molecule has 0 radical (unpaired) electrons. The van der Waals surface area contributed by atoms with Crippen LogP contribution in [0.25, 0.3) is 0 Å². The van der Waals surface area contributed by atoms with Crippen LogP contribution in [0.4, 0.5) is 5.69 Å². The van der Waals surface area contributed by atoms with Crippen molar-refractivity contribution in [3.05, 3.63) is 22.9 Å². The monoisotopic (exact) mass is 286 g/mol. The highest BCUT2D eigenvalue weighted by atomic mass is 79.9. The molecule has 1 aromatic rings. The fourth-order valence-corrected chi connectivity index (χ4v) is 1.89. The van der Waals surface area contributed by atoms with Crippen LogP contribution in [-0.4, -0.2) is 23.2 Å². The molecule has 0 aliphatic heterocycles. The van der Waals surface area contributed by atoms with Gasteiger partial charge in [0.05, 0.1) is 10.2 Å². The maximum Gasteiger partial charge on any atom is 0.0590 e. The van der Waals surface area contributed by atoms with E-state index in [1.54, 1.807) is 12.4 Å². The van der Waals surface area contributed by atoms with Crippen LogP contribution < -0.4 is 5.32 Å². The molecule has 0 aliphatic rings. The van der Waals surface area contributed by atoms with Crippen LogP contribution in [0.2, 0.25) is 0 Å². The number of halogens is 1. The number of nitrogens with one attached hydrogen (secondary N) is 1. The van der Waals surface area contributed by atoms with Gasteiger partial charge in [-0.15, -0.1) is 0 Å². The lowest BCUT2D eigenvalue weighted by molar-refractivity contribution is 0.248. The molecular weight excluding hydrogens is 268 g/mol. The van der Waals surface area contributed by atoms with Crippen molar-refractivity contribution < 1.29 is 5.11 Å². The van der Waals surface area contributed by atoms with Crippen molar-refractivity contribution in [3.8, 4) is 0 Å². The second-order valence-corrected chi connectivity index (χ2v) is 5.55. The molecule has 0 spiro atoms. The largest absolute Gasteiger partial charge is 0.396 e. The Balaban J connectivity index is 2.47. The predicted molar refractivity (Wildman–Crippen MR) is 70.5 cm³/mol. The number of hydrogen-bond acceptors (Lipinski definition) is 3. The molecule has 2 N–H and O–H groups in total. The summed E-state index contributed by atoms with van der Waals surface area (Å²) in [5.41, 5.74) is 1.25. The van der Waals surface area contributed by atoms with E-state index in [0.717, 1.165) is 29.5 Å². The lowest BCUT2D eigenvalue weighted by Gasteiger charge is -2.25. The molecule has 3 nitrogen and oxygen atoms in total. The van der Waals surface area contributed by atoms with Gasteiger partial charge in [-0.05, 0) is 40.3 Å². The Bertz CT molecular complexity index is 329. The minimum absolute atomic E-state index is 0.186. The summed E-state index contributed by atoms with van der Waals surface area (Å²) in [7, 11) is 0. The summed E-state index contributed by atoms with van der Waals surface area (Å²) in [6.45, 7) is 5.55. The van der Waals surface area contributed by atoms with Crippen LogP contribution in [0, 0.1) is 5.41 Å². The number of aromatic nitrogens is 1. The summed E-state index contributed by atoms with van der Waals surface area (Å²) in [5, 5.41) is 12.2. The Morgan fingerprint density at radius 1 is 1.50 bits per heavy atom. The molecule has 0 fully saturated rings. The van der Waals surface area contributed by atoms with Gasteiger partial charge in [0.1, 0.15) is 0 Å². The fourth-order valence-electron chi connectivity index (χ4n) is 1.50. The molecule has 4 heteroatoms. The van der Waals surface area contributed by atoms with Crippen LogP contribution in [0.3, 0.4) is 0 Å². The Labute approximate surface area is 105 Å². The van der Waals surface area contributed by atoms with Gasteiger partial charge >= 0.3 is 0 Å². The molecule has 1 rings (SSSR count). The van der Waals surface area contributed by atoms with Crippen LogP contribution in [0.15, 0.2) is 22.9 Å². The van der Waals surface area contributed by atoms with Crippen molar-refractivity contribution in [1.82, 2.24) is 4.98 Å². The van der Waals surface area contributed by atoms with Crippen molar-refractivity contribution in [2.75, 3.05) is 18.5 Å². The number of rotatable bonds is 6. The van der Waals surface area contributed by atoms with Crippen molar-refractivity contribution in [1.29, 1.82) is 0 Å². The van der Waals surface area contributed by atoms with E-state index in [-0.39, 0.29) is 12.0 Å². The summed E-state index contributed by atoms with van der Waals surface area (Å²) in [6.07, 6.45) is 5.42. The third kappa shape index (κ3) is 4.49. The summed E-state index contributed by atoms with van der Waals surface area (Å²) < 4.78 is 0.980. The van der Waals surface area contributed by atoms with E-state index < -0.39 is 0 Å². The zero-order chi connectivity index (χ0) is 12.0. The van der Waals surface area contributed by atoms with Gasteiger partial charge in [-0.25, -0.2) is 0 Å². The third-order valence-electron chi connectivity index (χ3n) is 2.54. The summed E-state index contributed by atoms with van der Waals surface area (Å²) in [6, 6.07) is 1.95. The second kappa shape index (κ2) is 6.21. The third-order valence-corrected chi connectivity index (χ3v) is 3.17. The number of nitrogens with zero attached hydrogens (tertiary/aromatic N) is 1. The van der Waals surface area contributed by atoms with Gasteiger partial charge in [0, 0.05) is 25.5 Å². The number of hydrogen-bond donors (Lipinski definition) is 2. The number of aliphatic hydroxyl groups is 1. The van der Waals surface area contributed by atoms with Crippen LogP contribution >= 0.6 is 15.9 Å². The lowest BCUT2D eigenvalue weighted by Crippen LogP contribution is -2.23. The first-order chi connectivity index (χ1) is 7.55. The number of aliphatic hydroxyl groups excluding tert-OH is 1. The minimum Gasteiger partial charge on any atom is -0.396 e. The molecule has 1 heterocycles. The Morgan fingerprint density at radius 3 is 2.88 bits per heavy atom. The second-order valence-electron chi connectivity index (χ2n) is 4.70. The standard InChI is InChI=1S/C12H19BrN2O/c1-12(2,5-3-7-16)9-15-11-4-6-14-8-10(11)13/h4,6,8,16H,3,5,7,9H2,1-2H3,(H,14,15). The molecule has 1 aromatic heterocycles. The molecule has 0 amide bonds. The average Bonchev–Trinajstić information content (AvgIpc) is 2.26. The van der Waals surface area contributed by atoms with E-state index in [2.05, 4.69) is 40.1 Å². The maximum absolute atomic E-state index is 8.82. The molecule has 90 valence electrons. The first kappa shape index (κ1) is 13.5. The lowest BCUT2D eigenvalue weighted by atomic mass is 9.88. The van der Waals surface area contributed by atoms with Gasteiger partial charge in [0.2, 0.25) is 0 Å². The van der Waals surface area contributed by atoms with Crippen molar-refractivity contribution >= 4 is 21.6 Å². The predicted octanol–water partition coefficient (Wildman–Crippen LogP) is 3.05. The molecular formula is C12H19BrN2O. The van der Waals surface area contributed by atoms with E-state index in [1.165, 1.54) is 0 Å². The fraction of sp³-hybridized carbons (Fsp3) is 0.583. The highest BCUT2D eigenvalue weighted by Crippen LogP contribution is 2.25.